The SMILES string of the molecule is CCOC(=O)Nc1ccc(NCc2ccc(C)cc2C)cc1N. The van der Waals surface area contributed by atoms with Crippen LogP contribution in [0.4, 0.5) is 21.9 Å². The third-order valence-corrected chi connectivity index (χ3v) is 3.54. The van der Waals surface area contributed by atoms with Gasteiger partial charge in [-0.05, 0) is 50.1 Å². The molecule has 0 saturated carbocycles. The van der Waals surface area contributed by atoms with Crippen molar-refractivity contribution in [3.63, 3.8) is 0 Å². The van der Waals surface area contributed by atoms with E-state index in [-0.39, 0.29) is 0 Å². The van der Waals surface area contributed by atoms with Crippen molar-refractivity contribution >= 4 is 23.2 Å². The van der Waals surface area contributed by atoms with Crippen LogP contribution in [0.15, 0.2) is 36.4 Å². The van der Waals surface area contributed by atoms with Crippen LogP contribution < -0.4 is 16.4 Å². The van der Waals surface area contributed by atoms with Gasteiger partial charge in [0.25, 0.3) is 0 Å². The summed E-state index contributed by atoms with van der Waals surface area (Å²) < 4.78 is 4.84. The first kappa shape index (κ1) is 16.7. The number of hydrogen-bond acceptors (Lipinski definition) is 4. The van der Waals surface area contributed by atoms with Crippen molar-refractivity contribution in [3.05, 3.63) is 53.1 Å². The molecule has 1 amide bonds. The number of rotatable bonds is 5. The highest BCUT2D eigenvalue weighted by Gasteiger charge is 2.06. The van der Waals surface area contributed by atoms with Crippen LogP contribution in [0.1, 0.15) is 23.6 Å². The van der Waals surface area contributed by atoms with E-state index in [0.29, 0.717) is 18.0 Å². The van der Waals surface area contributed by atoms with E-state index in [0.717, 1.165) is 12.2 Å². The van der Waals surface area contributed by atoms with Gasteiger partial charge in [-0.25, -0.2) is 4.79 Å². The Morgan fingerprint density at radius 1 is 1.17 bits per heavy atom. The van der Waals surface area contributed by atoms with Crippen LogP contribution in [0.2, 0.25) is 0 Å². The molecule has 0 spiro atoms. The maximum Gasteiger partial charge on any atom is 0.411 e. The van der Waals surface area contributed by atoms with E-state index in [1.165, 1.54) is 16.7 Å². The molecule has 0 heterocycles. The second-order valence-corrected chi connectivity index (χ2v) is 5.43. The fourth-order valence-corrected chi connectivity index (χ4v) is 2.31. The molecule has 0 aliphatic heterocycles. The molecule has 4 N–H and O–H groups in total. The second kappa shape index (κ2) is 7.54. The van der Waals surface area contributed by atoms with Gasteiger partial charge in [-0.15, -0.1) is 0 Å². The molecular weight excluding hydrogens is 290 g/mol. The van der Waals surface area contributed by atoms with Gasteiger partial charge in [0, 0.05) is 12.2 Å². The van der Waals surface area contributed by atoms with Crippen molar-refractivity contribution in [1.82, 2.24) is 0 Å². The van der Waals surface area contributed by atoms with Gasteiger partial charge in [0.15, 0.2) is 0 Å². The lowest BCUT2D eigenvalue weighted by Gasteiger charge is -2.13. The summed E-state index contributed by atoms with van der Waals surface area (Å²) in [5.74, 6) is 0. The number of aryl methyl sites for hydroxylation is 2. The maximum absolute atomic E-state index is 11.4. The minimum absolute atomic E-state index is 0.321. The molecule has 5 nitrogen and oxygen atoms in total. The lowest BCUT2D eigenvalue weighted by atomic mass is 10.1. The topological polar surface area (TPSA) is 76.4 Å². The fourth-order valence-electron chi connectivity index (χ4n) is 2.31. The normalized spacial score (nSPS) is 10.2. The summed E-state index contributed by atoms with van der Waals surface area (Å²) in [5.41, 5.74) is 11.7. The third kappa shape index (κ3) is 4.64. The largest absolute Gasteiger partial charge is 0.450 e. The first-order valence-electron chi connectivity index (χ1n) is 7.63. The molecule has 2 aromatic carbocycles. The highest BCUT2D eigenvalue weighted by Crippen LogP contribution is 2.23. The molecule has 5 heteroatoms. The van der Waals surface area contributed by atoms with E-state index in [1.807, 2.05) is 6.07 Å². The number of anilines is 3. The van der Waals surface area contributed by atoms with E-state index in [2.05, 4.69) is 42.7 Å². The van der Waals surface area contributed by atoms with Gasteiger partial charge in [0.2, 0.25) is 0 Å². The Hall–Kier alpha value is -2.69. The Labute approximate surface area is 136 Å². The first-order valence-corrected chi connectivity index (χ1v) is 7.63. The van der Waals surface area contributed by atoms with Crippen molar-refractivity contribution in [2.75, 3.05) is 23.0 Å². The quantitative estimate of drug-likeness (QED) is 0.727. The average Bonchev–Trinajstić information content (AvgIpc) is 2.49. The number of nitrogens with one attached hydrogen (secondary N) is 2. The van der Waals surface area contributed by atoms with Crippen molar-refractivity contribution < 1.29 is 9.53 Å². The molecule has 0 aliphatic rings. The van der Waals surface area contributed by atoms with E-state index in [9.17, 15) is 4.79 Å². The summed E-state index contributed by atoms with van der Waals surface area (Å²) in [6.07, 6.45) is -0.504. The minimum atomic E-state index is -0.504. The van der Waals surface area contributed by atoms with Gasteiger partial charge in [-0.2, -0.15) is 0 Å². The Balaban J connectivity index is 2.01. The second-order valence-electron chi connectivity index (χ2n) is 5.43. The van der Waals surface area contributed by atoms with E-state index < -0.39 is 6.09 Å². The molecule has 0 atom stereocenters. The molecule has 0 radical (unpaired) electrons. The zero-order valence-electron chi connectivity index (χ0n) is 13.8. The number of nitrogens with two attached hydrogens (primary N) is 1. The lowest BCUT2D eigenvalue weighted by Crippen LogP contribution is -2.14. The minimum Gasteiger partial charge on any atom is -0.450 e. The van der Waals surface area contributed by atoms with Gasteiger partial charge in [0.05, 0.1) is 18.0 Å². The number of hydrogen-bond donors (Lipinski definition) is 3. The third-order valence-electron chi connectivity index (χ3n) is 3.54. The summed E-state index contributed by atoms with van der Waals surface area (Å²) in [4.78, 5) is 11.4. The molecule has 0 unspecified atom stereocenters. The molecule has 23 heavy (non-hydrogen) atoms. The summed E-state index contributed by atoms with van der Waals surface area (Å²) in [5, 5.41) is 5.96. The number of amides is 1. The van der Waals surface area contributed by atoms with Crippen molar-refractivity contribution in [1.29, 1.82) is 0 Å². The van der Waals surface area contributed by atoms with Crippen LogP contribution in [0.3, 0.4) is 0 Å². The van der Waals surface area contributed by atoms with Gasteiger partial charge in [0.1, 0.15) is 0 Å². The van der Waals surface area contributed by atoms with E-state index >= 15 is 0 Å². The number of carbonyl (C=O) groups is 1. The molecule has 0 fully saturated rings. The van der Waals surface area contributed by atoms with Gasteiger partial charge in [-0.1, -0.05) is 23.8 Å². The smallest absolute Gasteiger partial charge is 0.411 e. The molecular formula is C18H23N3O2. The Bertz CT molecular complexity index is 699. The molecule has 0 aromatic heterocycles. The number of benzene rings is 2. The van der Waals surface area contributed by atoms with Crippen LogP contribution in [-0.4, -0.2) is 12.7 Å². The van der Waals surface area contributed by atoms with Crippen LogP contribution in [0.25, 0.3) is 0 Å². The monoisotopic (exact) mass is 313 g/mol. The molecule has 122 valence electrons. The van der Waals surface area contributed by atoms with Crippen molar-refractivity contribution in [2.45, 2.75) is 27.3 Å². The van der Waals surface area contributed by atoms with Gasteiger partial charge >= 0.3 is 6.09 Å². The Kier molecular flexibility index (Phi) is 5.46. The number of nitrogen functional groups attached to an aromatic ring is 1. The zero-order chi connectivity index (χ0) is 16.8. The van der Waals surface area contributed by atoms with Crippen LogP contribution in [-0.2, 0) is 11.3 Å². The van der Waals surface area contributed by atoms with Gasteiger partial charge in [-0.3, -0.25) is 5.32 Å². The fraction of sp³-hybridized carbons (Fsp3) is 0.278. The number of carbonyl (C=O) groups excluding carboxylic acids is 1. The molecule has 2 aromatic rings. The first-order chi connectivity index (χ1) is 11.0. The molecule has 0 bridgehead atoms. The highest BCUT2D eigenvalue weighted by atomic mass is 16.5. The van der Waals surface area contributed by atoms with Gasteiger partial charge < -0.3 is 15.8 Å². The Morgan fingerprint density at radius 2 is 1.96 bits per heavy atom. The van der Waals surface area contributed by atoms with Crippen LogP contribution in [0.5, 0.6) is 0 Å². The molecule has 0 aliphatic carbocycles. The van der Waals surface area contributed by atoms with E-state index in [4.69, 9.17) is 10.5 Å². The van der Waals surface area contributed by atoms with E-state index in [1.54, 1.807) is 19.1 Å². The van der Waals surface area contributed by atoms with Crippen LogP contribution in [0, 0.1) is 13.8 Å². The predicted molar refractivity (Wildman–Crippen MR) is 94.7 cm³/mol. The highest BCUT2D eigenvalue weighted by molar-refractivity contribution is 5.89. The van der Waals surface area contributed by atoms with Crippen LogP contribution >= 0.6 is 0 Å². The number of ether oxygens (including phenoxy) is 1. The zero-order valence-corrected chi connectivity index (χ0v) is 13.8. The average molecular weight is 313 g/mol. The summed E-state index contributed by atoms with van der Waals surface area (Å²) in [6, 6.07) is 11.8. The lowest BCUT2D eigenvalue weighted by molar-refractivity contribution is 0.168. The van der Waals surface area contributed by atoms with Crippen molar-refractivity contribution in [2.24, 2.45) is 0 Å². The summed E-state index contributed by atoms with van der Waals surface area (Å²) >= 11 is 0. The van der Waals surface area contributed by atoms with Crippen molar-refractivity contribution in [3.8, 4) is 0 Å². The predicted octanol–water partition coefficient (Wildman–Crippen LogP) is 4.07. The summed E-state index contributed by atoms with van der Waals surface area (Å²) in [6.45, 7) is 6.98. The summed E-state index contributed by atoms with van der Waals surface area (Å²) in [7, 11) is 0. The maximum atomic E-state index is 11.4. The Morgan fingerprint density at radius 3 is 2.61 bits per heavy atom. The molecule has 2 rings (SSSR count). The molecule has 0 saturated heterocycles. The standard InChI is InChI=1S/C18H23N3O2/c1-4-23-18(22)21-17-8-7-15(10-16(17)19)20-11-14-6-5-12(2)9-13(14)3/h5-10,20H,4,11,19H2,1-3H3,(H,21,22).